The number of rotatable bonds is 5. The smallest absolute Gasteiger partial charge is 0.274 e. The van der Waals surface area contributed by atoms with Gasteiger partial charge in [-0.25, -0.2) is 0 Å². The van der Waals surface area contributed by atoms with Crippen molar-refractivity contribution in [1.82, 2.24) is 10.6 Å². The quantitative estimate of drug-likeness (QED) is 0.244. The predicted octanol–water partition coefficient (Wildman–Crippen LogP) is 2.45. The molecule has 1 unspecified atom stereocenters. The molecule has 0 bridgehead atoms. The molecule has 0 radical (unpaired) electrons. The zero-order valence-corrected chi connectivity index (χ0v) is 15.7. The Morgan fingerprint density at radius 3 is 2.78 bits per heavy atom. The molecule has 0 amide bonds. The molecule has 0 aliphatic carbocycles. The minimum Gasteiger partial charge on any atom is -0.373 e. The summed E-state index contributed by atoms with van der Waals surface area (Å²) in [5, 5.41) is 17.3. The first-order chi connectivity index (χ1) is 10.5. The topological polar surface area (TPSA) is 88.8 Å². The highest BCUT2D eigenvalue weighted by Gasteiger charge is 2.29. The fraction of sp³-hybridized carbons (Fsp3) is 0.533. The van der Waals surface area contributed by atoms with E-state index in [1.165, 1.54) is 6.07 Å². The molecule has 2 rings (SSSR count). The van der Waals surface area contributed by atoms with E-state index in [1.807, 2.05) is 0 Å². The van der Waals surface area contributed by atoms with Crippen molar-refractivity contribution in [2.24, 2.45) is 4.99 Å². The zero-order chi connectivity index (χ0) is 16.0. The van der Waals surface area contributed by atoms with Gasteiger partial charge in [-0.15, -0.1) is 24.0 Å². The number of ether oxygens (including phenoxy) is 1. The zero-order valence-electron chi connectivity index (χ0n) is 13.4. The van der Waals surface area contributed by atoms with Crippen LogP contribution in [-0.2, 0) is 11.3 Å². The Labute approximate surface area is 153 Å². The maximum Gasteiger partial charge on any atom is 0.274 e. The first-order valence-electron chi connectivity index (χ1n) is 7.35. The van der Waals surface area contributed by atoms with Crippen LogP contribution in [0.5, 0.6) is 0 Å². The van der Waals surface area contributed by atoms with Crippen molar-refractivity contribution >= 4 is 35.6 Å². The summed E-state index contributed by atoms with van der Waals surface area (Å²) in [7, 11) is 1.67. The third kappa shape index (κ3) is 5.61. The Morgan fingerprint density at radius 2 is 2.17 bits per heavy atom. The number of benzene rings is 1. The number of nitro groups is 1. The lowest BCUT2D eigenvalue weighted by Crippen LogP contribution is -2.45. The Hall–Kier alpha value is -1.42. The molecule has 1 fully saturated rings. The largest absolute Gasteiger partial charge is 0.373 e. The first-order valence-corrected chi connectivity index (χ1v) is 7.35. The van der Waals surface area contributed by atoms with Gasteiger partial charge in [-0.1, -0.05) is 18.2 Å². The van der Waals surface area contributed by atoms with E-state index in [2.05, 4.69) is 22.5 Å². The molecule has 1 saturated heterocycles. The van der Waals surface area contributed by atoms with E-state index in [-0.39, 0.29) is 40.2 Å². The van der Waals surface area contributed by atoms with Crippen molar-refractivity contribution in [3.05, 3.63) is 39.9 Å². The second-order valence-electron chi connectivity index (χ2n) is 5.57. The van der Waals surface area contributed by atoms with Gasteiger partial charge in [-0.3, -0.25) is 15.1 Å². The number of nitrogens with zero attached hydrogens (tertiary/aromatic N) is 2. The standard InChI is InChI=1S/C15H22N4O3.HI/c1-15(8-5-9-22-15)11-18-14(16-2)17-10-12-6-3-4-7-13(12)19(20)21;/h3-4,6-7H,5,8-11H2,1-2H3,(H2,16,17,18);1H. The highest BCUT2D eigenvalue weighted by Crippen LogP contribution is 2.23. The second-order valence-corrected chi connectivity index (χ2v) is 5.57. The summed E-state index contributed by atoms with van der Waals surface area (Å²) < 4.78 is 5.71. The van der Waals surface area contributed by atoms with Crippen LogP contribution in [0.4, 0.5) is 5.69 Å². The Balaban J connectivity index is 0.00000264. The van der Waals surface area contributed by atoms with Crippen LogP contribution in [0.25, 0.3) is 0 Å². The highest BCUT2D eigenvalue weighted by atomic mass is 127. The van der Waals surface area contributed by atoms with Gasteiger partial charge < -0.3 is 15.4 Å². The lowest BCUT2D eigenvalue weighted by molar-refractivity contribution is -0.385. The molecule has 0 spiro atoms. The predicted molar refractivity (Wildman–Crippen MR) is 100 cm³/mol. The number of aliphatic imine (C=N–C) groups is 1. The van der Waals surface area contributed by atoms with Crippen LogP contribution in [-0.4, -0.2) is 36.7 Å². The maximum atomic E-state index is 11.0. The van der Waals surface area contributed by atoms with Crippen LogP contribution in [0.1, 0.15) is 25.3 Å². The van der Waals surface area contributed by atoms with Crippen LogP contribution in [0.15, 0.2) is 29.3 Å². The van der Waals surface area contributed by atoms with E-state index >= 15 is 0 Å². The van der Waals surface area contributed by atoms with Crippen molar-refractivity contribution in [3.63, 3.8) is 0 Å². The minimum absolute atomic E-state index is 0. The summed E-state index contributed by atoms with van der Waals surface area (Å²) in [4.78, 5) is 14.8. The molecule has 1 heterocycles. The molecule has 1 atom stereocenters. The Bertz CT molecular complexity index is 559. The molecule has 1 aliphatic heterocycles. The van der Waals surface area contributed by atoms with Crippen LogP contribution in [0.3, 0.4) is 0 Å². The molecule has 23 heavy (non-hydrogen) atoms. The highest BCUT2D eigenvalue weighted by molar-refractivity contribution is 14.0. The van der Waals surface area contributed by atoms with E-state index in [0.717, 1.165) is 19.4 Å². The Morgan fingerprint density at radius 1 is 1.43 bits per heavy atom. The van der Waals surface area contributed by atoms with Gasteiger partial charge in [0.2, 0.25) is 0 Å². The molecular formula is C15H23IN4O3. The molecule has 0 aromatic heterocycles. The van der Waals surface area contributed by atoms with Crippen LogP contribution < -0.4 is 10.6 Å². The normalized spacial score (nSPS) is 20.7. The number of para-hydroxylation sites is 1. The summed E-state index contributed by atoms with van der Waals surface area (Å²) in [6.45, 7) is 3.86. The number of halogens is 1. The molecular weight excluding hydrogens is 411 g/mol. The molecule has 7 nitrogen and oxygen atoms in total. The monoisotopic (exact) mass is 434 g/mol. The summed E-state index contributed by atoms with van der Waals surface area (Å²) in [6.07, 6.45) is 2.08. The summed E-state index contributed by atoms with van der Waals surface area (Å²) in [5.74, 6) is 0.606. The molecule has 8 heteroatoms. The van der Waals surface area contributed by atoms with Crippen LogP contribution in [0.2, 0.25) is 0 Å². The minimum atomic E-state index is -0.374. The van der Waals surface area contributed by atoms with E-state index in [1.54, 1.807) is 25.2 Å². The summed E-state index contributed by atoms with van der Waals surface area (Å²) >= 11 is 0. The van der Waals surface area contributed by atoms with Gasteiger partial charge >= 0.3 is 0 Å². The molecule has 2 N–H and O–H groups in total. The SMILES string of the molecule is CN=C(NCc1ccccc1[N+](=O)[O-])NCC1(C)CCCO1.I. The van der Waals surface area contributed by atoms with Gasteiger partial charge in [-0.05, 0) is 19.8 Å². The molecule has 0 saturated carbocycles. The average Bonchev–Trinajstić information content (AvgIpc) is 2.95. The lowest BCUT2D eigenvalue weighted by atomic mass is 10.0. The van der Waals surface area contributed by atoms with Crippen molar-refractivity contribution in [1.29, 1.82) is 0 Å². The van der Waals surface area contributed by atoms with Crippen molar-refractivity contribution in [2.75, 3.05) is 20.2 Å². The van der Waals surface area contributed by atoms with E-state index in [9.17, 15) is 10.1 Å². The van der Waals surface area contributed by atoms with Crippen molar-refractivity contribution in [3.8, 4) is 0 Å². The van der Waals surface area contributed by atoms with E-state index in [4.69, 9.17) is 4.74 Å². The fourth-order valence-corrected chi connectivity index (χ4v) is 2.48. The van der Waals surface area contributed by atoms with E-state index < -0.39 is 0 Å². The summed E-state index contributed by atoms with van der Waals surface area (Å²) in [6, 6.07) is 6.68. The van der Waals surface area contributed by atoms with Crippen molar-refractivity contribution < 1.29 is 9.66 Å². The molecule has 128 valence electrons. The van der Waals surface area contributed by atoms with E-state index in [0.29, 0.717) is 24.6 Å². The van der Waals surface area contributed by atoms with Gasteiger partial charge in [0.25, 0.3) is 5.69 Å². The number of nitro benzene ring substituents is 1. The number of hydrogen-bond donors (Lipinski definition) is 2. The van der Waals surface area contributed by atoms with Crippen LogP contribution >= 0.6 is 24.0 Å². The van der Waals surface area contributed by atoms with Gasteiger partial charge in [0.1, 0.15) is 0 Å². The fourth-order valence-electron chi connectivity index (χ4n) is 2.48. The first kappa shape index (κ1) is 19.6. The van der Waals surface area contributed by atoms with Gasteiger partial charge in [0.15, 0.2) is 5.96 Å². The third-order valence-electron chi connectivity index (χ3n) is 3.79. The number of nitrogens with one attached hydrogen (secondary N) is 2. The average molecular weight is 434 g/mol. The Kier molecular flexibility index (Phi) is 7.69. The maximum absolute atomic E-state index is 11.0. The van der Waals surface area contributed by atoms with Gasteiger partial charge in [0.05, 0.1) is 10.5 Å². The molecule has 1 aromatic rings. The molecule has 1 aromatic carbocycles. The van der Waals surface area contributed by atoms with Crippen molar-refractivity contribution in [2.45, 2.75) is 31.9 Å². The van der Waals surface area contributed by atoms with Gasteiger partial charge in [-0.2, -0.15) is 0 Å². The summed E-state index contributed by atoms with van der Waals surface area (Å²) in [5.41, 5.74) is 0.562. The molecule has 1 aliphatic rings. The third-order valence-corrected chi connectivity index (χ3v) is 3.79. The number of guanidine groups is 1. The van der Waals surface area contributed by atoms with Gasteiger partial charge in [0, 0.05) is 38.4 Å². The second kappa shape index (κ2) is 9.02. The number of hydrogen-bond acceptors (Lipinski definition) is 4. The lowest BCUT2D eigenvalue weighted by Gasteiger charge is -2.24. The van der Waals surface area contributed by atoms with Crippen LogP contribution in [0, 0.1) is 10.1 Å².